The van der Waals surface area contributed by atoms with Crippen molar-refractivity contribution in [1.29, 1.82) is 0 Å². The van der Waals surface area contributed by atoms with Crippen LogP contribution in [0.25, 0.3) is 0 Å². The number of hydrogen-bond acceptors (Lipinski definition) is 4. The van der Waals surface area contributed by atoms with E-state index in [0.717, 1.165) is 5.69 Å². The van der Waals surface area contributed by atoms with Crippen molar-refractivity contribution in [2.24, 2.45) is 5.92 Å². The number of nitrogens with one attached hydrogen (secondary N) is 2. The van der Waals surface area contributed by atoms with Crippen LogP contribution in [-0.2, 0) is 9.59 Å². The molecule has 2 aromatic carbocycles. The van der Waals surface area contributed by atoms with E-state index in [1.807, 2.05) is 30.3 Å². The van der Waals surface area contributed by atoms with Gasteiger partial charge in [-0.3, -0.25) is 25.2 Å². The maximum Gasteiger partial charge on any atom is 0.269 e. The second-order valence-corrected chi connectivity index (χ2v) is 5.92. The number of hydrazine groups is 1. The number of benzene rings is 2. The van der Waals surface area contributed by atoms with Crippen molar-refractivity contribution in [3.8, 4) is 5.75 Å². The number of hydrogen-bond donors (Lipinski definition) is 2. The lowest BCUT2D eigenvalue weighted by molar-refractivity contribution is -0.126. The highest BCUT2D eigenvalue weighted by Gasteiger charge is 2.35. The van der Waals surface area contributed by atoms with Crippen LogP contribution < -0.4 is 20.5 Å². The van der Waals surface area contributed by atoms with E-state index >= 15 is 0 Å². The first-order chi connectivity index (χ1) is 12.6. The molecule has 0 spiro atoms. The predicted octanol–water partition coefficient (Wildman–Crippen LogP) is 1.51. The molecule has 0 aliphatic carbocycles. The zero-order valence-corrected chi connectivity index (χ0v) is 14.3. The molecule has 134 valence electrons. The van der Waals surface area contributed by atoms with Crippen molar-refractivity contribution in [3.05, 3.63) is 60.2 Å². The first-order valence-electron chi connectivity index (χ1n) is 8.18. The summed E-state index contributed by atoms with van der Waals surface area (Å²) in [5.74, 6) is -0.942. The first-order valence-corrected chi connectivity index (χ1v) is 8.18. The second kappa shape index (κ2) is 7.69. The van der Waals surface area contributed by atoms with Crippen LogP contribution in [0.5, 0.6) is 5.75 Å². The summed E-state index contributed by atoms with van der Waals surface area (Å²) in [5, 5.41) is 0. The maximum atomic E-state index is 12.3. The van der Waals surface area contributed by atoms with Crippen LogP contribution in [0.3, 0.4) is 0 Å². The molecule has 7 nitrogen and oxygen atoms in total. The molecule has 1 saturated heterocycles. The Bertz CT molecular complexity index is 823. The SMILES string of the molecule is COc1cccc(C(=O)NNC(=O)[C@H]2CC(=O)N(c3ccccc3)C2)c1. The van der Waals surface area contributed by atoms with E-state index in [1.165, 1.54) is 7.11 Å². The highest BCUT2D eigenvalue weighted by Crippen LogP contribution is 2.24. The van der Waals surface area contributed by atoms with Gasteiger partial charge in [-0.2, -0.15) is 0 Å². The van der Waals surface area contributed by atoms with Crippen molar-refractivity contribution in [2.75, 3.05) is 18.6 Å². The molecular weight excluding hydrogens is 334 g/mol. The van der Waals surface area contributed by atoms with Gasteiger partial charge in [0, 0.05) is 24.2 Å². The molecule has 3 rings (SSSR count). The molecule has 1 heterocycles. The number of rotatable bonds is 4. The molecule has 2 aromatic rings. The Morgan fingerprint density at radius 1 is 1.08 bits per heavy atom. The minimum atomic E-state index is -0.520. The van der Waals surface area contributed by atoms with Gasteiger partial charge in [0.2, 0.25) is 11.8 Å². The Hall–Kier alpha value is -3.35. The van der Waals surface area contributed by atoms with Gasteiger partial charge in [0.05, 0.1) is 13.0 Å². The number of carbonyl (C=O) groups excluding carboxylic acids is 3. The van der Waals surface area contributed by atoms with Gasteiger partial charge in [-0.15, -0.1) is 0 Å². The minimum absolute atomic E-state index is 0.107. The zero-order valence-electron chi connectivity index (χ0n) is 14.3. The predicted molar refractivity (Wildman–Crippen MR) is 95.5 cm³/mol. The first kappa shape index (κ1) is 17.5. The fourth-order valence-electron chi connectivity index (χ4n) is 2.80. The lowest BCUT2D eigenvalue weighted by atomic mass is 10.1. The van der Waals surface area contributed by atoms with Gasteiger partial charge in [0.15, 0.2) is 0 Å². The van der Waals surface area contributed by atoms with Gasteiger partial charge in [-0.25, -0.2) is 0 Å². The molecule has 3 amide bonds. The van der Waals surface area contributed by atoms with E-state index < -0.39 is 17.7 Å². The molecule has 1 aliphatic heterocycles. The number of ether oxygens (including phenoxy) is 1. The van der Waals surface area contributed by atoms with E-state index in [4.69, 9.17) is 4.74 Å². The smallest absolute Gasteiger partial charge is 0.269 e. The van der Waals surface area contributed by atoms with Crippen molar-refractivity contribution in [3.63, 3.8) is 0 Å². The number of para-hydroxylation sites is 1. The largest absolute Gasteiger partial charge is 0.497 e. The molecular formula is C19H19N3O4. The summed E-state index contributed by atoms with van der Waals surface area (Å²) in [6, 6.07) is 15.8. The van der Waals surface area contributed by atoms with E-state index in [-0.39, 0.29) is 18.9 Å². The van der Waals surface area contributed by atoms with E-state index in [1.54, 1.807) is 29.2 Å². The highest BCUT2D eigenvalue weighted by atomic mass is 16.5. The molecule has 2 N–H and O–H groups in total. The molecule has 0 unspecified atom stereocenters. The molecule has 0 radical (unpaired) electrons. The molecule has 1 atom stereocenters. The van der Waals surface area contributed by atoms with Crippen molar-refractivity contribution < 1.29 is 19.1 Å². The molecule has 1 fully saturated rings. The number of carbonyl (C=O) groups is 3. The molecule has 7 heteroatoms. The van der Waals surface area contributed by atoms with Crippen LogP contribution in [0, 0.1) is 5.92 Å². The third kappa shape index (κ3) is 3.83. The zero-order chi connectivity index (χ0) is 18.5. The summed E-state index contributed by atoms with van der Waals surface area (Å²) in [5.41, 5.74) is 5.88. The molecule has 1 aliphatic rings. The summed E-state index contributed by atoms with van der Waals surface area (Å²) in [6.07, 6.45) is 0.107. The molecule has 0 saturated carbocycles. The van der Waals surface area contributed by atoms with E-state index in [0.29, 0.717) is 11.3 Å². The monoisotopic (exact) mass is 353 g/mol. The Labute approximate surface area is 150 Å². The van der Waals surface area contributed by atoms with Crippen LogP contribution in [0.4, 0.5) is 5.69 Å². The van der Waals surface area contributed by atoms with Gasteiger partial charge in [0.1, 0.15) is 5.75 Å². The third-order valence-corrected chi connectivity index (χ3v) is 4.19. The summed E-state index contributed by atoms with van der Waals surface area (Å²) in [7, 11) is 1.51. The molecule has 0 bridgehead atoms. The average molecular weight is 353 g/mol. The number of methoxy groups -OCH3 is 1. The van der Waals surface area contributed by atoms with Gasteiger partial charge in [-0.05, 0) is 30.3 Å². The van der Waals surface area contributed by atoms with Crippen LogP contribution in [0.15, 0.2) is 54.6 Å². The Morgan fingerprint density at radius 3 is 2.58 bits per heavy atom. The number of amides is 3. The van der Waals surface area contributed by atoms with Crippen molar-refractivity contribution >= 4 is 23.4 Å². The van der Waals surface area contributed by atoms with Crippen LogP contribution in [0.2, 0.25) is 0 Å². The van der Waals surface area contributed by atoms with E-state index in [9.17, 15) is 14.4 Å². The second-order valence-electron chi connectivity index (χ2n) is 5.92. The van der Waals surface area contributed by atoms with E-state index in [2.05, 4.69) is 10.9 Å². The van der Waals surface area contributed by atoms with Gasteiger partial charge >= 0.3 is 0 Å². The fourth-order valence-corrected chi connectivity index (χ4v) is 2.80. The average Bonchev–Trinajstić information content (AvgIpc) is 3.08. The summed E-state index contributed by atoms with van der Waals surface area (Å²) < 4.78 is 5.07. The van der Waals surface area contributed by atoms with Crippen LogP contribution in [0.1, 0.15) is 16.8 Å². The fraction of sp³-hybridized carbons (Fsp3) is 0.211. The van der Waals surface area contributed by atoms with Gasteiger partial charge < -0.3 is 9.64 Å². The normalized spacial score (nSPS) is 16.3. The minimum Gasteiger partial charge on any atom is -0.497 e. The van der Waals surface area contributed by atoms with Crippen LogP contribution >= 0.6 is 0 Å². The van der Waals surface area contributed by atoms with Crippen molar-refractivity contribution in [1.82, 2.24) is 10.9 Å². The molecule has 0 aromatic heterocycles. The number of nitrogens with zero attached hydrogens (tertiary/aromatic N) is 1. The summed E-state index contributed by atoms with van der Waals surface area (Å²) in [4.78, 5) is 38.2. The Kier molecular flexibility index (Phi) is 5.17. The quantitative estimate of drug-likeness (QED) is 0.816. The maximum absolute atomic E-state index is 12.3. The Morgan fingerprint density at radius 2 is 1.85 bits per heavy atom. The van der Waals surface area contributed by atoms with Crippen LogP contribution in [-0.4, -0.2) is 31.4 Å². The summed E-state index contributed by atoms with van der Waals surface area (Å²) in [6.45, 7) is 0.281. The lowest BCUT2D eigenvalue weighted by Crippen LogP contribution is -2.45. The summed E-state index contributed by atoms with van der Waals surface area (Å²) >= 11 is 0. The van der Waals surface area contributed by atoms with Gasteiger partial charge in [0.25, 0.3) is 5.91 Å². The highest BCUT2D eigenvalue weighted by molar-refractivity contribution is 6.01. The standard InChI is InChI=1S/C19H19N3O4/c1-26-16-9-5-6-13(10-16)18(24)20-21-19(25)14-11-17(23)22(12-14)15-7-3-2-4-8-15/h2-10,14H,11-12H2,1H3,(H,20,24)(H,21,25)/t14-/m0/s1. The lowest BCUT2D eigenvalue weighted by Gasteiger charge is -2.16. The van der Waals surface area contributed by atoms with Crippen molar-refractivity contribution in [2.45, 2.75) is 6.42 Å². The van der Waals surface area contributed by atoms with Gasteiger partial charge in [-0.1, -0.05) is 24.3 Å². The number of anilines is 1. The Balaban J connectivity index is 1.57. The molecule has 26 heavy (non-hydrogen) atoms. The third-order valence-electron chi connectivity index (χ3n) is 4.19. The topological polar surface area (TPSA) is 87.7 Å².